The van der Waals surface area contributed by atoms with Gasteiger partial charge in [-0.05, 0) is 19.4 Å². The minimum Gasteiger partial charge on any atom is -0.480 e. The molecule has 0 spiro atoms. The van der Waals surface area contributed by atoms with Crippen molar-refractivity contribution in [1.82, 2.24) is 5.32 Å². The van der Waals surface area contributed by atoms with Gasteiger partial charge in [-0.1, -0.05) is 23.8 Å². The van der Waals surface area contributed by atoms with E-state index in [1.54, 1.807) is 19.1 Å². The number of carbonyl (C=O) groups is 3. The molecule has 1 aromatic carbocycles. The average molecular weight is 249 g/mol. The van der Waals surface area contributed by atoms with Crippen LogP contribution in [0.4, 0.5) is 0 Å². The molecule has 0 aliphatic carbocycles. The number of ketones is 1. The van der Waals surface area contributed by atoms with E-state index < -0.39 is 12.0 Å². The summed E-state index contributed by atoms with van der Waals surface area (Å²) in [5.74, 6) is -1.52. The van der Waals surface area contributed by atoms with Crippen molar-refractivity contribution in [3.8, 4) is 0 Å². The Hall–Kier alpha value is -2.17. The van der Waals surface area contributed by atoms with Gasteiger partial charge in [0.1, 0.15) is 6.04 Å². The minimum absolute atomic E-state index is 0.252. The van der Waals surface area contributed by atoms with Gasteiger partial charge in [-0.3, -0.25) is 9.59 Å². The molecule has 2 N–H and O–H groups in total. The number of hydrogen-bond acceptors (Lipinski definition) is 3. The van der Waals surface area contributed by atoms with Gasteiger partial charge < -0.3 is 10.4 Å². The minimum atomic E-state index is -1.22. The average Bonchev–Trinajstić information content (AvgIpc) is 2.27. The first-order valence-electron chi connectivity index (χ1n) is 5.48. The zero-order valence-electron chi connectivity index (χ0n) is 10.3. The number of carboxylic acids is 1. The van der Waals surface area contributed by atoms with Crippen LogP contribution in [-0.2, 0) is 9.59 Å². The number of Topliss-reactive ketones (excluding diaryl/α,β-unsaturated/α-hetero) is 1. The second-order valence-electron chi connectivity index (χ2n) is 4.12. The number of rotatable bonds is 6. The summed E-state index contributed by atoms with van der Waals surface area (Å²) in [5, 5.41) is 11.0. The van der Waals surface area contributed by atoms with Crippen LogP contribution < -0.4 is 5.32 Å². The Morgan fingerprint density at radius 2 is 2.06 bits per heavy atom. The Labute approximate surface area is 105 Å². The number of amides is 1. The van der Waals surface area contributed by atoms with Crippen LogP contribution in [-0.4, -0.2) is 29.3 Å². The molecular weight excluding hydrogens is 234 g/mol. The Kier molecular flexibility index (Phi) is 4.59. The van der Waals surface area contributed by atoms with Gasteiger partial charge >= 0.3 is 5.97 Å². The van der Waals surface area contributed by atoms with Crippen molar-refractivity contribution in [3.63, 3.8) is 0 Å². The molecule has 0 saturated heterocycles. The van der Waals surface area contributed by atoms with Crippen molar-refractivity contribution in [3.05, 3.63) is 34.9 Å². The number of aliphatic carboxylic acids is 1. The van der Waals surface area contributed by atoms with Gasteiger partial charge in [-0.2, -0.15) is 0 Å². The van der Waals surface area contributed by atoms with Crippen molar-refractivity contribution in [1.29, 1.82) is 0 Å². The van der Waals surface area contributed by atoms with E-state index in [1.165, 1.54) is 0 Å². The largest absolute Gasteiger partial charge is 0.480 e. The number of carboxylic acid groups (broad SMARTS) is 1. The maximum Gasteiger partial charge on any atom is 0.326 e. The smallest absolute Gasteiger partial charge is 0.326 e. The van der Waals surface area contributed by atoms with Crippen LogP contribution in [0.25, 0.3) is 0 Å². The third-order valence-corrected chi connectivity index (χ3v) is 2.64. The summed E-state index contributed by atoms with van der Waals surface area (Å²) in [6.07, 6.45) is 0.0338. The Morgan fingerprint density at radius 1 is 1.39 bits per heavy atom. The van der Waals surface area contributed by atoms with Crippen molar-refractivity contribution in [2.45, 2.75) is 26.3 Å². The number of benzene rings is 1. The topological polar surface area (TPSA) is 83.5 Å². The molecular formula is C13H15NO4. The first-order valence-corrected chi connectivity index (χ1v) is 5.48. The fourth-order valence-corrected chi connectivity index (χ4v) is 1.72. The highest BCUT2D eigenvalue weighted by Crippen LogP contribution is 2.13. The van der Waals surface area contributed by atoms with Crippen LogP contribution in [0, 0.1) is 13.8 Å². The van der Waals surface area contributed by atoms with Gasteiger partial charge in [-0.25, -0.2) is 4.79 Å². The Morgan fingerprint density at radius 3 is 2.56 bits per heavy atom. The molecule has 5 heteroatoms. The molecule has 1 atom stereocenters. The molecule has 0 aliphatic heterocycles. The van der Waals surface area contributed by atoms with Gasteiger partial charge in [0.05, 0.1) is 0 Å². The lowest BCUT2D eigenvalue weighted by Crippen LogP contribution is -2.37. The highest BCUT2D eigenvalue weighted by atomic mass is 16.4. The summed E-state index contributed by atoms with van der Waals surface area (Å²) in [4.78, 5) is 33.0. The molecule has 5 nitrogen and oxygen atoms in total. The molecule has 0 heterocycles. The predicted molar refractivity (Wildman–Crippen MR) is 65.5 cm³/mol. The molecule has 0 aromatic heterocycles. The molecule has 0 fully saturated rings. The molecule has 1 rings (SSSR count). The van der Waals surface area contributed by atoms with Gasteiger partial charge in [0.2, 0.25) is 6.41 Å². The van der Waals surface area contributed by atoms with E-state index in [-0.39, 0.29) is 18.6 Å². The third kappa shape index (κ3) is 3.41. The molecule has 96 valence electrons. The highest BCUT2D eigenvalue weighted by Gasteiger charge is 2.21. The van der Waals surface area contributed by atoms with Crippen molar-refractivity contribution in [2.24, 2.45) is 0 Å². The zero-order chi connectivity index (χ0) is 13.7. The lowest BCUT2D eigenvalue weighted by atomic mass is 9.98. The fraction of sp³-hybridized carbons (Fsp3) is 0.308. The number of aryl methyl sites for hydroxylation is 2. The summed E-state index contributed by atoms with van der Waals surface area (Å²) in [6.45, 7) is 3.71. The van der Waals surface area contributed by atoms with E-state index >= 15 is 0 Å². The van der Waals surface area contributed by atoms with E-state index in [2.05, 4.69) is 5.32 Å². The Bertz CT molecular complexity index is 482. The van der Waals surface area contributed by atoms with Crippen LogP contribution in [0.1, 0.15) is 27.9 Å². The molecule has 0 aliphatic rings. The van der Waals surface area contributed by atoms with Crippen molar-refractivity contribution >= 4 is 18.2 Å². The summed E-state index contributed by atoms with van der Waals surface area (Å²) in [6, 6.07) is 4.14. The molecule has 1 amide bonds. The van der Waals surface area contributed by atoms with Crippen molar-refractivity contribution < 1.29 is 19.5 Å². The number of nitrogens with one attached hydrogen (secondary N) is 1. The lowest BCUT2D eigenvalue weighted by Gasteiger charge is -2.11. The van der Waals surface area contributed by atoms with Gasteiger partial charge in [-0.15, -0.1) is 0 Å². The number of carbonyl (C=O) groups excluding carboxylic acids is 2. The summed E-state index contributed by atoms with van der Waals surface area (Å²) >= 11 is 0. The molecule has 18 heavy (non-hydrogen) atoms. The maximum atomic E-state index is 11.9. The van der Waals surface area contributed by atoms with Gasteiger partial charge in [0.25, 0.3) is 0 Å². The second-order valence-corrected chi connectivity index (χ2v) is 4.12. The predicted octanol–water partition coefficient (Wildman–Crippen LogP) is 1.08. The molecule has 1 unspecified atom stereocenters. The standard InChI is InChI=1S/C13H15NO4/c1-8-3-4-10(9(2)5-8)12(16)6-11(13(17)18)14-7-15/h3-5,7,11H,6H2,1-2H3,(H,14,15)(H,17,18). The first kappa shape index (κ1) is 13.9. The van der Waals surface area contributed by atoms with E-state index in [0.717, 1.165) is 11.1 Å². The number of hydrogen-bond donors (Lipinski definition) is 2. The quantitative estimate of drug-likeness (QED) is 0.583. The van der Waals surface area contributed by atoms with Crippen LogP contribution in [0.15, 0.2) is 18.2 Å². The molecule has 1 aromatic rings. The summed E-state index contributed by atoms with van der Waals surface area (Å²) in [7, 11) is 0. The normalized spacial score (nSPS) is 11.7. The summed E-state index contributed by atoms with van der Waals surface area (Å²) < 4.78 is 0. The van der Waals surface area contributed by atoms with E-state index in [1.807, 2.05) is 13.0 Å². The lowest BCUT2D eigenvalue weighted by molar-refractivity contribution is -0.140. The highest BCUT2D eigenvalue weighted by molar-refractivity contribution is 6.00. The second kappa shape index (κ2) is 5.95. The van der Waals surface area contributed by atoms with Crippen LogP contribution >= 0.6 is 0 Å². The maximum absolute atomic E-state index is 11.9. The molecule has 0 radical (unpaired) electrons. The van der Waals surface area contributed by atoms with Crippen molar-refractivity contribution in [2.75, 3.05) is 0 Å². The van der Waals surface area contributed by atoms with E-state index in [9.17, 15) is 14.4 Å². The van der Waals surface area contributed by atoms with E-state index in [4.69, 9.17) is 5.11 Å². The fourth-order valence-electron chi connectivity index (χ4n) is 1.72. The summed E-state index contributed by atoms with van der Waals surface area (Å²) in [5.41, 5.74) is 2.32. The SMILES string of the molecule is Cc1ccc(C(=O)CC(NC=O)C(=O)O)c(C)c1. The first-order chi connectivity index (χ1) is 8.45. The van der Waals surface area contributed by atoms with Gasteiger partial charge in [0.15, 0.2) is 5.78 Å². The third-order valence-electron chi connectivity index (χ3n) is 2.64. The monoisotopic (exact) mass is 249 g/mol. The Balaban J connectivity index is 2.86. The molecule has 0 bridgehead atoms. The molecule has 0 saturated carbocycles. The van der Waals surface area contributed by atoms with Crippen LogP contribution in [0.5, 0.6) is 0 Å². The van der Waals surface area contributed by atoms with Crippen LogP contribution in [0.2, 0.25) is 0 Å². The van der Waals surface area contributed by atoms with Crippen LogP contribution in [0.3, 0.4) is 0 Å². The van der Waals surface area contributed by atoms with Gasteiger partial charge in [0, 0.05) is 12.0 Å². The zero-order valence-corrected chi connectivity index (χ0v) is 10.3. The van der Waals surface area contributed by atoms with E-state index in [0.29, 0.717) is 5.56 Å².